The molecule has 150 valence electrons. The number of carbonyl (C=O) groups is 2. The molecule has 1 saturated heterocycles. The minimum absolute atomic E-state index is 0.0507. The van der Waals surface area contributed by atoms with Crippen LogP contribution >= 0.6 is 0 Å². The van der Waals surface area contributed by atoms with Crippen LogP contribution in [0.15, 0.2) is 18.2 Å². The molecule has 0 aromatic heterocycles. The molecule has 6 heteroatoms. The molecule has 0 bridgehead atoms. The van der Waals surface area contributed by atoms with E-state index in [-0.39, 0.29) is 23.2 Å². The highest BCUT2D eigenvalue weighted by Crippen LogP contribution is 2.19. The van der Waals surface area contributed by atoms with Gasteiger partial charge < -0.3 is 10.2 Å². The van der Waals surface area contributed by atoms with Crippen LogP contribution in [-0.2, 0) is 4.79 Å². The summed E-state index contributed by atoms with van der Waals surface area (Å²) in [5.74, 6) is -0.0802. The predicted octanol–water partition coefficient (Wildman–Crippen LogP) is 2.83. The first-order valence-corrected chi connectivity index (χ1v) is 9.59. The summed E-state index contributed by atoms with van der Waals surface area (Å²) in [6.07, 6.45) is 1.89. The van der Waals surface area contributed by atoms with Gasteiger partial charge in [-0.3, -0.25) is 14.5 Å². The average Bonchev–Trinajstić information content (AvgIpc) is 2.53. The van der Waals surface area contributed by atoms with Crippen LogP contribution in [0.2, 0.25) is 0 Å². The molecular weight excluding hydrogens is 345 g/mol. The summed E-state index contributed by atoms with van der Waals surface area (Å²) < 4.78 is 13.6. The highest BCUT2D eigenvalue weighted by molar-refractivity contribution is 5.94. The zero-order valence-corrected chi connectivity index (χ0v) is 17.1. The largest absolute Gasteiger partial charge is 0.350 e. The van der Waals surface area contributed by atoms with Crippen LogP contribution in [-0.4, -0.2) is 60.4 Å². The molecular formula is C21H32FN3O2. The van der Waals surface area contributed by atoms with Gasteiger partial charge >= 0.3 is 0 Å². The van der Waals surface area contributed by atoms with Crippen molar-refractivity contribution in [2.75, 3.05) is 33.2 Å². The molecule has 27 heavy (non-hydrogen) atoms. The Bertz CT molecular complexity index is 656. The van der Waals surface area contributed by atoms with Gasteiger partial charge in [0.1, 0.15) is 5.82 Å². The standard InChI is InChI=1S/C21H32FN3O2/c1-15-10-17(12-18(22)11-15)20(27)24(5)13-16-6-8-25(9-7-16)14-19(26)23-21(2,3)4/h10-12,16H,6-9,13-14H2,1-5H3,(H,23,26). The fourth-order valence-corrected chi connectivity index (χ4v) is 3.54. The van der Waals surface area contributed by atoms with Crippen molar-refractivity contribution >= 4 is 11.8 Å². The molecule has 1 aromatic rings. The van der Waals surface area contributed by atoms with E-state index in [1.807, 2.05) is 20.8 Å². The van der Waals surface area contributed by atoms with Crippen molar-refractivity contribution in [2.45, 2.75) is 46.1 Å². The number of piperidine rings is 1. The summed E-state index contributed by atoms with van der Waals surface area (Å²) >= 11 is 0. The van der Waals surface area contributed by atoms with Gasteiger partial charge in [-0.1, -0.05) is 0 Å². The van der Waals surface area contributed by atoms with Crippen LogP contribution < -0.4 is 5.32 Å². The van der Waals surface area contributed by atoms with E-state index in [9.17, 15) is 14.0 Å². The van der Waals surface area contributed by atoms with Crippen LogP contribution in [0.5, 0.6) is 0 Å². The minimum Gasteiger partial charge on any atom is -0.350 e. The summed E-state index contributed by atoms with van der Waals surface area (Å²) in [6.45, 7) is 10.5. The second-order valence-electron chi connectivity index (χ2n) is 8.72. The van der Waals surface area contributed by atoms with E-state index < -0.39 is 0 Å². The number of hydrogen-bond donors (Lipinski definition) is 1. The second-order valence-corrected chi connectivity index (χ2v) is 8.72. The summed E-state index contributed by atoms with van der Waals surface area (Å²) in [5, 5.41) is 2.99. The van der Waals surface area contributed by atoms with Crippen molar-refractivity contribution in [1.29, 1.82) is 0 Å². The number of amides is 2. The molecule has 0 unspecified atom stereocenters. The minimum atomic E-state index is -0.381. The Kier molecular flexibility index (Phi) is 6.98. The van der Waals surface area contributed by atoms with Crippen LogP contribution in [0.25, 0.3) is 0 Å². The summed E-state index contributed by atoms with van der Waals surface area (Å²) in [6, 6.07) is 4.43. The molecule has 2 rings (SSSR count). The number of carbonyl (C=O) groups excluding carboxylic acids is 2. The molecule has 0 atom stereocenters. The number of nitrogens with zero attached hydrogens (tertiary/aromatic N) is 2. The van der Waals surface area contributed by atoms with Gasteiger partial charge in [0.05, 0.1) is 6.54 Å². The van der Waals surface area contributed by atoms with E-state index >= 15 is 0 Å². The Morgan fingerprint density at radius 2 is 1.85 bits per heavy atom. The SMILES string of the molecule is Cc1cc(F)cc(C(=O)N(C)CC2CCN(CC(=O)NC(C)(C)C)CC2)c1. The van der Waals surface area contributed by atoms with Crippen molar-refractivity contribution in [3.05, 3.63) is 35.1 Å². The van der Waals surface area contributed by atoms with E-state index in [0.717, 1.165) is 31.5 Å². The van der Waals surface area contributed by atoms with Crippen molar-refractivity contribution < 1.29 is 14.0 Å². The monoisotopic (exact) mass is 377 g/mol. The first-order chi connectivity index (χ1) is 12.5. The third-order valence-electron chi connectivity index (χ3n) is 4.76. The molecule has 0 aliphatic carbocycles. The van der Waals surface area contributed by atoms with Crippen LogP contribution in [0.4, 0.5) is 4.39 Å². The van der Waals surface area contributed by atoms with Crippen LogP contribution in [0.1, 0.15) is 49.5 Å². The van der Waals surface area contributed by atoms with Crippen LogP contribution in [0.3, 0.4) is 0 Å². The maximum Gasteiger partial charge on any atom is 0.253 e. The first kappa shape index (κ1) is 21.4. The molecule has 1 heterocycles. The van der Waals surface area contributed by atoms with Gasteiger partial charge in [0.15, 0.2) is 0 Å². The fourth-order valence-electron chi connectivity index (χ4n) is 3.54. The van der Waals surface area contributed by atoms with Crippen molar-refractivity contribution in [2.24, 2.45) is 5.92 Å². The Morgan fingerprint density at radius 1 is 1.22 bits per heavy atom. The molecule has 5 nitrogen and oxygen atoms in total. The molecule has 2 amide bonds. The highest BCUT2D eigenvalue weighted by atomic mass is 19.1. The topological polar surface area (TPSA) is 52.7 Å². The molecule has 1 aliphatic rings. The highest BCUT2D eigenvalue weighted by Gasteiger charge is 2.24. The predicted molar refractivity (Wildman–Crippen MR) is 105 cm³/mol. The number of aryl methyl sites for hydroxylation is 1. The van der Waals surface area contributed by atoms with Crippen molar-refractivity contribution in [3.8, 4) is 0 Å². The van der Waals surface area contributed by atoms with Gasteiger partial charge in [-0.15, -0.1) is 0 Å². The molecule has 0 saturated carbocycles. The zero-order chi connectivity index (χ0) is 20.2. The molecule has 0 spiro atoms. The fraction of sp³-hybridized carbons (Fsp3) is 0.619. The number of likely N-dealkylation sites (tertiary alicyclic amines) is 1. The molecule has 1 fully saturated rings. The number of halogens is 1. The molecule has 1 N–H and O–H groups in total. The maximum absolute atomic E-state index is 13.6. The van der Waals surface area contributed by atoms with Crippen LogP contribution in [0, 0.1) is 18.7 Å². The lowest BCUT2D eigenvalue weighted by Crippen LogP contribution is -2.48. The van der Waals surface area contributed by atoms with Gasteiger partial charge in [0, 0.05) is 24.7 Å². The lowest BCUT2D eigenvalue weighted by atomic mass is 9.96. The molecule has 1 aliphatic heterocycles. The maximum atomic E-state index is 13.6. The number of benzene rings is 1. The van der Waals surface area contributed by atoms with Gasteiger partial charge in [-0.25, -0.2) is 4.39 Å². The normalized spacial score (nSPS) is 16.2. The average molecular weight is 378 g/mol. The summed E-state index contributed by atoms with van der Waals surface area (Å²) in [5.41, 5.74) is 0.924. The number of rotatable bonds is 5. The Hall–Kier alpha value is -1.95. The Morgan fingerprint density at radius 3 is 2.41 bits per heavy atom. The second kappa shape index (κ2) is 8.83. The number of nitrogens with one attached hydrogen (secondary N) is 1. The lowest BCUT2D eigenvalue weighted by Gasteiger charge is -2.34. The quantitative estimate of drug-likeness (QED) is 0.859. The Labute approximate surface area is 161 Å². The third-order valence-corrected chi connectivity index (χ3v) is 4.76. The van der Waals surface area contributed by atoms with E-state index in [0.29, 0.717) is 24.6 Å². The van der Waals surface area contributed by atoms with Crippen molar-refractivity contribution in [1.82, 2.24) is 15.1 Å². The van der Waals surface area contributed by atoms with E-state index in [2.05, 4.69) is 10.2 Å². The third kappa shape index (κ3) is 6.94. The molecule has 1 aromatic carbocycles. The van der Waals surface area contributed by atoms with E-state index in [4.69, 9.17) is 0 Å². The summed E-state index contributed by atoms with van der Waals surface area (Å²) in [4.78, 5) is 28.5. The summed E-state index contributed by atoms with van der Waals surface area (Å²) in [7, 11) is 1.77. The first-order valence-electron chi connectivity index (χ1n) is 9.59. The number of hydrogen-bond acceptors (Lipinski definition) is 3. The Balaban J connectivity index is 1.81. The van der Waals surface area contributed by atoms with E-state index in [1.165, 1.54) is 12.1 Å². The van der Waals surface area contributed by atoms with Gasteiger partial charge in [0.2, 0.25) is 5.91 Å². The van der Waals surface area contributed by atoms with Gasteiger partial charge in [-0.2, -0.15) is 0 Å². The van der Waals surface area contributed by atoms with Gasteiger partial charge in [-0.05, 0) is 83.3 Å². The van der Waals surface area contributed by atoms with Crippen molar-refractivity contribution in [3.63, 3.8) is 0 Å². The lowest BCUT2D eigenvalue weighted by molar-refractivity contribution is -0.124. The van der Waals surface area contributed by atoms with E-state index in [1.54, 1.807) is 24.9 Å². The van der Waals surface area contributed by atoms with Gasteiger partial charge in [0.25, 0.3) is 5.91 Å². The zero-order valence-electron chi connectivity index (χ0n) is 17.1. The smallest absolute Gasteiger partial charge is 0.253 e. The molecule has 0 radical (unpaired) electrons.